The zero-order valence-corrected chi connectivity index (χ0v) is 20.0. The van der Waals surface area contributed by atoms with Crippen LogP contribution in [-0.4, -0.2) is 43.3 Å². The third-order valence-electron chi connectivity index (χ3n) is 5.61. The molecule has 0 aromatic carbocycles. The number of rotatable bonds is 5. The molecule has 1 aliphatic rings. The van der Waals surface area contributed by atoms with Crippen LogP contribution in [0.4, 0.5) is 15.1 Å². The predicted octanol–water partition coefficient (Wildman–Crippen LogP) is 4.08. The summed E-state index contributed by atoms with van der Waals surface area (Å²) in [6.07, 6.45) is 7.00. The monoisotopic (exact) mass is 480 g/mol. The van der Waals surface area contributed by atoms with Gasteiger partial charge in [-0.3, -0.25) is 9.36 Å². The Bertz CT molecular complexity index is 1250. The van der Waals surface area contributed by atoms with Crippen molar-refractivity contribution >= 4 is 12.0 Å². The average Bonchev–Trinajstić information content (AvgIpc) is 2.81. The topological polar surface area (TPSA) is 111 Å². The zero-order chi connectivity index (χ0) is 25.0. The minimum absolute atomic E-state index is 0.0456. The van der Waals surface area contributed by atoms with E-state index in [0.717, 1.165) is 31.9 Å². The summed E-state index contributed by atoms with van der Waals surface area (Å²) in [6, 6.07) is 8.20. The van der Waals surface area contributed by atoms with E-state index in [9.17, 15) is 14.0 Å². The minimum atomic E-state index is -0.571. The summed E-state index contributed by atoms with van der Waals surface area (Å²) >= 11 is 0. The molecule has 3 aromatic rings. The second kappa shape index (κ2) is 10.2. The van der Waals surface area contributed by atoms with Crippen LogP contribution in [-0.2, 0) is 4.74 Å². The van der Waals surface area contributed by atoms with Gasteiger partial charge in [0.25, 0.3) is 5.56 Å². The van der Waals surface area contributed by atoms with Crippen LogP contribution in [0.1, 0.15) is 46.5 Å². The van der Waals surface area contributed by atoms with Crippen molar-refractivity contribution in [2.75, 3.05) is 5.32 Å². The molecule has 0 unspecified atom stereocenters. The molecule has 3 aromatic heterocycles. The predicted molar refractivity (Wildman–Crippen MR) is 130 cm³/mol. The molecule has 9 nitrogen and oxygen atoms in total. The van der Waals surface area contributed by atoms with Crippen LogP contribution in [0.3, 0.4) is 0 Å². The lowest BCUT2D eigenvalue weighted by molar-refractivity contribution is 0.0492. The number of carbonyl (C=O) groups excluding carboxylic acids is 1. The first-order valence-corrected chi connectivity index (χ1v) is 11.6. The van der Waals surface area contributed by atoms with Crippen molar-refractivity contribution in [3.63, 3.8) is 0 Å². The van der Waals surface area contributed by atoms with Crippen LogP contribution >= 0.6 is 0 Å². The molecule has 1 fully saturated rings. The van der Waals surface area contributed by atoms with E-state index in [0.29, 0.717) is 17.3 Å². The molecule has 184 valence electrons. The molecule has 4 rings (SSSR count). The maximum absolute atomic E-state index is 14.6. The Balaban J connectivity index is 1.42. The number of hydrogen-bond donors (Lipinski definition) is 2. The Morgan fingerprint density at radius 1 is 1.11 bits per heavy atom. The third-order valence-corrected chi connectivity index (χ3v) is 5.61. The van der Waals surface area contributed by atoms with Crippen molar-refractivity contribution in [3.05, 3.63) is 65.1 Å². The Morgan fingerprint density at radius 3 is 2.57 bits per heavy atom. The molecule has 0 radical (unpaired) electrons. The first-order valence-electron chi connectivity index (χ1n) is 11.6. The summed E-state index contributed by atoms with van der Waals surface area (Å²) in [5.74, 6) is 0.120. The van der Waals surface area contributed by atoms with E-state index in [4.69, 9.17) is 4.74 Å². The molecule has 10 heteroatoms. The van der Waals surface area contributed by atoms with Gasteiger partial charge in [-0.1, -0.05) is 6.07 Å². The number of aromatic nitrogens is 4. The number of ether oxygens (including phenoxy) is 1. The number of anilines is 1. The molecule has 3 heterocycles. The van der Waals surface area contributed by atoms with Gasteiger partial charge in [-0.2, -0.15) is 0 Å². The highest BCUT2D eigenvalue weighted by Gasteiger charge is 2.25. The van der Waals surface area contributed by atoms with E-state index in [-0.39, 0.29) is 23.3 Å². The smallest absolute Gasteiger partial charge is 0.407 e. The number of halogens is 1. The lowest BCUT2D eigenvalue weighted by atomic mass is 9.91. The highest BCUT2D eigenvalue weighted by Crippen LogP contribution is 2.25. The SMILES string of the molecule is CC(C)(C)OC(=O)NC1CCC(Nc2ncc(F)c(-c3ccnc(-n4ccccc4=O)c3)n2)CC1. The van der Waals surface area contributed by atoms with Crippen LogP contribution in [0.15, 0.2) is 53.7 Å². The van der Waals surface area contributed by atoms with Crippen molar-refractivity contribution in [3.8, 4) is 17.1 Å². The quantitative estimate of drug-likeness (QED) is 0.566. The van der Waals surface area contributed by atoms with Gasteiger partial charge in [0.2, 0.25) is 5.95 Å². The van der Waals surface area contributed by atoms with Crippen LogP contribution < -0.4 is 16.2 Å². The molecule has 0 spiro atoms. The van der Waals surface area contributed by atoms with Gasteiger partial charge in [0, 0.05) is 36.1 Å². The number of carbonyl (C=O) groups is 1. The molecule has 1 amide bonds. The van der Waals surface area contributed by atoms with Crippen molar-refractivity contribution in [1.29, 1.82) is 0 Å². The van der Waals surface area contributed by atoms with Crippen molar-refractivity contribution in [2.45, 2.75) is 64.1 Å². The summed E-state index contributed by atoms with van der Waals surface area (Å²) < 4.78 is 21.4. The van der Waals surface area contributed by atoms with Gasteiger partial charge in [-0.25, -0.2) is 24.1 Å². The van der Waals surface area contributed by atoms with Gasteiger partial charge < -0.3 is 15.4 Å². The molecule has 0 aliphatic heterocycles. The molecular weight excluding hydrogens is 451 g/mol. The Morgan fingerprint density at radius 2 is 1.86 bits per heavy atom. The maximum atomic E-state index is 14.6. The zero-order valence-electron chi connectivity index (χ0n) is 20.0. The van der Waals surface area contributed by atoms with E-state index in [1.54, 1.807) is 30.5 Å². The molecule has 0 atom stereocenters. The van der Waals surface area contributed by atoms with Crippen molar-refractivity contribution in [1.82, 2.24) is 24.8 Å². The summed E-state index contributed by atoms with van der Waals surface area (Å²) in [4.78, 5) is 36.9. The molecule has 0 saturated heterocycles. The van der Waals surface area contributed by atoms with Crippen LogP contribution in [0, 0.1) is 5.82 Å². The molecule has 1 aliphatic carbocycles. The van der Waals surface area contributed by atoms with E-state index in [1.807, 2.05) is 20.8 Å². The van der Waals surface area contributed by atoms with Gasteiger partial charge in [0.1, 0.15) is 17.1 Å². The Hall–Kier alpha value is -3.82. The summed E-state index contributed by atoms with van der Waals surface area (Å²) in [5, 5.41) is 6.20. The molecule has 35 heavy (non-hydrogen) atoms. The first-order chi connectivity index (χ1) is 16.7. The van der Waals surface area contributed by atoms with Gasteiger partial charge >= 0.3 is 6.09 Å². The molecule has 2 N–H and O–H groups in total. The maximum Gasteiger partial charge on any atom is 0.407 e. The fraction of sp³-hybridized carbons (Fsp3) is 0.400. The molecule has 0 bridgehead atoms. The highest BCUT2D eigenvalue weighted by atomic mass is 19.1. The van der Waals surface area contributed by atoms with Crippen LogP contribution in [0.2, 0.25) is 0 Å². The summed E-state index contributed by atoms with van der Waals surface area (Å²) in [6.45, 7) is 5.50. The van der Waals surface area contributed by atoms with Crippen LogP contribution in [0.25, 0.3) is 17.1 Å². The fourth-order valence-corrected chi connectivity index (χ4v) is 3.99. The lowest BCUT2D eigenvalue weighted by Crippen LogP contribution is -2.42. The third kappa shape index (κ3) is 6.40. The first kappa shape index (κ1) is 24.3. The second-order valence-electron chi connectivity index (χ2n) is 9.54. The number of alkyl carbamates (subject to hydrolysis) is 1. The normalized spacial score (nSPS) is 18.1. The number of nitrogens with one attached hydrogen (secondary N) is 2. The van der Waals surface area contributed by atoms with Gasteiger partial charge in [-0.15, -0.1) is 0 Å². The van der Waals surface area contributed by atoms with Crippen molar-refractivity contribution in [2.24, 2.45) is 0 Å². The van der Waals surface area contributed by atoms with E-state index in [2.05, 4.69) is 25.6 Å². The number of amides is 1. The second-order valence-corrected chi connectivity index (χ2v) is 9.54. The summed E-state index contributed by atoms with van der Waals surface area (Å²) in [7, 11) is 0. The standard InChI is InChI=1S/C25H29FN6O3/c1-25(2,3)35-24(34)30-18-9-7-17(8-10-18)29-23-28-15-19(26)22(31-23)16-11-12-27-20(14-16)32-13-5-4-6-21(32)33/h4-6,11-15,17-18H,7-10H2,1-3H3,(H,30,34)(H,28,29,31). The van der Waals surface area contributed by atoms with Crippen molar-refractivity contribution < 1.29 is 13.9 Å². The number of hydrogen-bond acceptors (Lipinski definition) is 7. The highest BCUT2D eigenvalue weighted by molar-refractivity contribution is 5.68. The molecular formula is C25H29FN6O3. The Labute approximate surface area is 202 Å². The minimum Gasteiger partial charge on any atom is -0.444 e. The van der Waals surface area contributed by atoms with Gasteiger partial charge in [0.15, 0.2) is 5.82 Å². The number of nitrogens with zero attached hydrogens (tertiary/aromatic N) is 4. The number of pyridine rings is 2. The van der Waals surface area contributed by atoms with Crippen LogP contribution in [0.5, 0.6) is 0 Å². The lowest BCUT2D eigenvalue weighted by Gasteiger charge is -2.30. The van der Waals surface area contributed by atoms with E-state index >= 15 is 0 Å². The van der Waals surface area contributed by atoms with E-state index in [1.165, 1.54) is 16.8 Å². The van der Waals surface area contributed by atoms with Gasteiger partial charge in [-0.05, 0) is 64.7 Å². The largest absolute Gasteiger partial charge is 0.444 e. The van der Waals surface area contributed by atoms with E-state index < -0.39 is 17.5 Å². The van der Waals surface area contributed by atoms with Gasteiger partial charge in [0.05, 0.1) is 6.20 Å². The fourth-order valence-electron chi connectivity index (χ4n) is 3.99. The average molecular weight is 481 g/mol. The molecule has 1 saturated carbocycles. The summed E-state index contributed by atoms with van der Waals surface area (Å²) in [5.41, 5.74) is -0.165. The Kier molecular flexibility index (Phi) is 7.09.